The highest BCUT2D eigenvalue weighted by Crippen LogP contribution is 2.33. The Morgan fingerprint density at radius 3 is 2.61 bits per heavy atom. The maximum Gasteiger partial charge on any atom is 0.416 e. The van der Waals surface area contributed by atoms with Crippen molar-refractivity contribution >= 4 is 29.7 Å². The molecule has 2 heterocycles. The van der Waals surface area contributed by atoms with Gasteiger partial charge in [-0.1, -0.05) is 13.5 Å². The molecule has 0 unspecified atom stereocenters. The number of nitrogens with zero attached hydrogens (tertiary/aromatic N) is 3. The number of benzene rings is 1. The van der Waals surface area contributed by atoms with Crippen molar-refractivity contribution < 1.29 is 31.8 Å². The van der Waals surface area contributed by atoms with E-state index in [1.54, 1.807) is 33.2 Å². The van der Waals surface area contributed by atoms with Gasteiger partial charge in [-0.2, -0.15) is 13.2 Å². The van der Waals surface area contributed by atoms with E-state index in [-0.39, 0.29) is 36.0 Å². The smallest absolute Gasteiger partial charge is 0.416 e. The Kier molecular flexibility index (Phi) is 10.4. The van der Waals surface area contributed by atoms with Crippen LogP contribution in [-0.4, -0.2) is 53.2 Å². The van der Waals surface area contributed by atoms with Crippen molar-refractivity contribution in [2.24, 2.45) is 12.8 Å². The molecule has 1 aromatic heterocycles. The summed E-state index contributed by atoms with van der Waals surface area (Å²) >= 11 is 0. The Hall–Kier alpha value is -4.10. The fourth-order valence-electron chi connectivity index (χ4n) is 3.98. The van der Waals surface area contributed by atoms with Crippen molar-refractivity contribution in [2.45, 2.75) is 32.5 Å². The molecule has 3 rings (SSSR count). The number of likely N-dealkylation sites (tertiary alicyclic amines) is 1. The number of methoxy groups -OCH3 is 1. The van der Waals surface area contributed by atoms with Gasteiger partial charge in [-0.25, -0.2) is 9.37 Å². The molecular formula is C28H34F4N6O3. The summed E-state index contributed by atoms with van der Waals surface area (Å²) in [6, 6.07) is 2.09. The van der Waals surface area contributed by atoms with Crippen LogP contribution < -0.4 is 16.4 Å². The minimum absolute atomic E-state index is 0.0944. The molecule has 1 fully saturated rings. The number of hydrogen-bond acceptors (Lipinski definition) is 7. The number of nitrogens with two attached hydrogens (primary N) is 1. The molecular weight excluding hydrogens is 544 g/mol. The van der Waals surface area contributed by atoms with Crippen LogP contribution in [0.15, 0.2) is 54.3 Å². The lowest BCUT2D eigenvalue weighted by Crippen LogP contribution is -2.54. The number of hydrogen-bond donors (Lipinski definition) is 3. The van der Waals surface area contributed by atoms with Gasteiger partial charge in [0.05, 0.1) is 35.3 Å². The van der Waals surface area contributed by atoms with Crippen LogP contribution in [0.25, 0.3) is 12.2 Å². The summed E-state index contributed by atoms with van der Waals surface area (Å²) in [5, 5.41) is 5.26. The summed E-state index contributed by atoms with van der Waals surface area (Å²) in [6.45, 7) is 8.90. The van der Waals surface area contributed by atoms with Crippen LogP contribution in [0.1, 0.15) is 37.2 Å². The van der Waals surface area contributed by atoms with E-state index < -0.39 is 17.6 Å². The van der Waals surface area contributed by atoms with Crippen molar-refractivity contribution in [3.8, 4) is 0 Å². The van der Waals surface area contributed by atoms with E-state index >= 15 is 0 Å². The highest BCUT2D eigenvalue weighted by Gasteiger charge is 2.31. The lowest BCUT2D eigenvalue weighted by molar-refractivity contribution is -0.137. The highest BCUT2D eigenvalue weighted by molar-refractivity contribution is 5.79. The Balaban J connectivity index is 1.76. The van der Waals surface area contributed by atoms with Gasteiger partial charge >= 0.3 is 6.18 Å². The van der Waals surface area contributed by atoms with Crippen LogP contribution in [0, 0.1) is 5.82 Å². The average Bonchev–Trinajstić information content (AvgIpc) is 3.18. The zero-order valence-corrected chi connectivity index (χ0v) is 23.3. The largest absolute Gasteiger partial charge is 0.462 e. The number of aromatic nitrogens is 2. The van der Waals surface area contributed by atoms with Gasteiger partial charge in [0.2, 0.25) is 11.9 Å². The van der Waals surface area contributed by atoms with Gasteiger partial charge in [0.15, 0.2) is 0 Å². The monoisotopic (exact) mass is 578 g/mol. The minimum atomic E-state index is -4.63. The molecule has 0 saturated carbocycles. The summed E-state index contributed by atoms with van der Waals surface area (Å²) in [4.78, 5) is 18.6. The van der Waals surface area contributed by atoms with Crippen LogP contribution in [0.4, 0.5) is 29.2 Å². The number of halogens is 4. The molecule has 0 bridgehead atoms. The number of carbonyl (C=O) groups is 1. The number of carbonyl (C=O) groups excluding carboxylic acids is 1. The molecule has 1 aliphatic heterocycles. The molecule has 0 atom stereocenters. The van der Waals surface area contributed by atoms with Crippen molar-refractivity contribution in [3.05, 3.63) is 77.0 Å². The van der Waals surface area contributed by atoms with Crippen LogP contribution >= 0.6 is 0 Å². The van der Waals surface area contributed by atoms with E-state index in [4.69, 9.17) is 15.2 Å². The third-order valence-corrected chi connectivity index (χ3v) is 6.29. The second-order valence-electron chi connectivity index (χ2n) is 9.24. The Bertz CT molecular complexity index is 1360. The molecule has 1 aliphatic rings. The topological polar surface area (TPSA) is 107 Å². The molecule has 222 valence electrons. The summed E-state index contributed by atoms with van der Waals surface area (Å²) in [5.41, 5.74) is 5.54. The van der Waals surface area contributed by atoms with Gasteiger partial charge in [-0.15, -0.1) is 0 Å². The van der Waals surface area contributed by atoms with Crippen LogP contribution in [0.3, 0.4) is 0 Å². The standard InChI is InChI=1S/C28H34F4N6O3/c1-6-18(41-19(7-2)13-25(33)36-26(39)16-38-14-20(15-38)40-5)12-23-24(8-3)37(4)27(35-23)34-22-11-17(28(30,31)32)9-10-21(22)29/h7-13,20H,3,6,14-16,33H2,1-2,4-5H3,(H,34,35)(H,36,39)/b18-12+,19-7+,25-13+. The summed E-state index contributed by atoms with van der Waals surface area (Å²) in [5.74, 6) is -0.110. The van der Waals surface area contributed by atoms with E-state index in [1.807, 2.05) is 11.8 Å². The number of anilines is 2. The number of amides is 1. The molecule has 1 aromatic carbocycles. The predicted molar refractivity (Wildman–Crippen MR) is 149 cm³/mol. The first-order valence-corrected chi connectivity index (χ1v) is 12.8. The highest BCUT2D eigenvalue weighted by atomic mass is 19.4. The lowest BCUT2D eigenvalue weighted by Gasteiger charge is -2.37. The Labute approximate surface area is 236 Å². The molecule has 4 N–H and O–H groups in total. The lowest BCUT2D eigenvalue weighted by atomic mass is 10.2. The minimum Gasteiger partial charge on any atom is -0.462 e. The van der Waals surface area contributed by atoms with Gasteiger partial charge in [-0.05, 0) is 37.3 Å². The van der Waals surface area contributed by atoms with Crippen LogP contribution in [0.2, 0.25) is 0 Å². The predicted octanol–water partition coefficient (Wildman–Crippen LogP) is 4.88. The van der Waals surface area contributed by atoms with Gasteiger partial charge < -0.3 is 30.4 Å². The van der Waals surface area contributed by atoms with Crippen LogP contribution in [-0.2, 0) is 27.5 Å². The fraction of sp³-hybridized carbons (Fsp3) is 0.357. The molecule has 1 amide bonds. The maximum absolute atomic E-state index is 14.3. The van der Waals surface area contributed by atoms with Crippen molar-refractivity contribution in [1.82, 2.24) is 19.8 Å². The molecule has 1 saturated heterocycles. The first-order chi connectivity index (χ1) is 19.4. The van der Waals surface area contributed by atoms with Crippen molar-refractivity contribution in [2.75, 3.05) is 32.1 Å². The third kappa shape index (κ3) is 8.21. The third-order valence-electron chi connectivity index (χ3n) is 6.29. The first kappa shape index (κ1) is 31.4. The number of imidazole rings is 1. The van der Waals surface area contributed by atoms with Gasteiger partial charge in [0, 0.05) is 45.8 Å². The normalized spacial score (nSPS) is 15.5. The van der Waals surface area contributed by atoms with E-state index in [1.165, 1.54) is 16.7 Å². The van der Waals surface area contributed by atoms with Crippen LogP contribution in [0.5, 0.6) is 0 Å². The van der Waals surface area contributed by atoms with Gasteiger partial charge in [0.25, 0.3) is 0 Å². The molecule has 13 heteroatoms. The zero-order chi connectivity index (χ0) is 30.3. The molecule has 0 radical (unpaired) electrons. The molecule has 2 aromatic rings. The quantitative estimate of drug-likeness (QED) is 0.187. The first-order valence-electron chi connectivity index (χ1n) is 12.8. The zero-order valence-electron chi connectivity index (χ0n) is 23.3. The van der Waals surface area contributed by atoms with Gasteiger partial charge in [-0.3, -0.25) is 9.69 Å². The Morgan fingerprint density at radius 1 is 1.32 bits per heavy atom. The number of nitrogens with one attached hydrogen (secondary N) is 2. The summed E-state index contributed by atoms with van der Waals surface area (Å²) in [6.07, 6.45) is 2.22. The summed E-state index contributed by atoms with van der Waals surface area (Å²) < 4.78 is 66.5. The van der Waals surface area contributed by atoms with E-state index in [2.05, 4.69) is 22.2 Å². The number of alkyl halides is 3. The van der Waals surface area contributed by atoms with E-state index in [9.17, 15) is 22.4 Å². The number of allylic oxidation sites excluding steroid dienone is 3. The van der Waals surface area contributed by atoms with E-state index in [0.717, 1.165) is 6.07 Å². The SMILES string of the molecule is C=Cc1c(/C=C(\CC)OC(/C=C(\N)NC(=O)CN2CC(OC)C2)=C/C)nc(Nc2cc(C(F)(F)F)ccc2F)n1C. The Morgan fingerprint density at radius 2 is 2.02 bits per heavy atom. The van der Waals surface area contributed by atoms with Crippen molar-refractivity contribution in [3.63, 3.8) is 0 Å². The average molecular weight is 579 g/mol. The summed E-state index contributed by atoms with van der Waals surface area (Å²) in [7, 11) is 3.24. The molecule has 0 aliphatic carbocycles. The van der Waals surface area contributed by atoms with E-state index in [0.29, 0.717) is 54.5 Å². The second kappa shape index (κ2) is 13.5. The number of rotatable bonds is 12. The maximum atomic E-state index is 14.3. The molecule has 0 spiro atoms. The second-order valence-corrected chi connectivity index (χ2v) is 9.24. The molecule has 41 heavy (non-hydrogen) atoms. The fourth-order valence-corrected chi connectivity index (χ4v) is 3.98. The van der Waals surface area contributed by atoms with Gasteiger partial charge in [0.1, 0.15) is 23.2 Å². The molecule has 9 nitrogen and oxygen atoms in total. The van der Waals surface area contributed by atoms with Crippen molar-refractivity contribution in [1.29, 1.82) is 0 Å². The number of ether oxygens (including phenoxy) is 2.